The molecule has 0 amide bonds. The van der Waals surface area contributed by atoms with Gasteiger partial charge in [-0.2, -0.15) is 9.61 Å². The summed E-state index contributed by atoms with van der Waals surface area (Å²) in [5, 5.41) is 8.98. The number of nitrogens with zero attached hydrogens (tertiary/aromatic N) is 5. The standard InChI is InChI=1S/C20H21N5O2/c1-4-23-10-9-18(24(23)5-2)17-12-21-19-16(13-22-25(19)20(17)26)14-7-6-8-15(11-14)27-3/h6-13H,4-5H2,1-3H3/b18-17+. The Hall–Kier alpha value is -3.35. The molecule has 1 aromatic carbocycles. The van der Waals surface area contributed by atoms with Crippen molar-refractivity contribution in [2.45, 2.75) is 13.8 Å². The summed E-state index contributed by atoms with van der Waals surface area (Å²) in [6.45, 7) is 5.73. The summed E-state index contributed by atoms with van der Waals surface area (Å²) >= 11 is 0. The number of rotatable bonds is 4. The number of aromatic nitrogens is 3. The molecule has 0 atom stereocenters. The van der Waals surface area contributed by atoms with E-state index in [2.05, 4.69) is 33.9 Å². The van der Waals surface area contributed by atoms with Crippen LogP contribution in [-0.4, -0.2) is 44.8 Å². The summed E-state index contributed by atoms with van der Waals surface area (Å²) in [6, 6.07) is 7.64. The minimum absolute atomic E-state index is 0.176. The Labute approximate surface area is 156 Å². The monoisotopic (exact) mass is 363 g/mol. The van der Waals surface area contributed by atoms with Crippen LogP contribution in [0.25, 0.3) is 22.5 Å². The maximum absolute atomic E-state index is 13.1. The van der Waals surface area contributed by atoms with Crippen LogP contribution in [0.15, 0.2) is 53.7 Å². The predicted molar refractivity (Wildman–Crippen MR) is 104 cm³/mol. The zero-order valence-electron chi connectivity index (χ0n) is 15.6. The van der Waals surface area contributed by atoms with Crippen LogP contribution in [0.4, 0.5) is 0 Å². The summed E-state index contributed by atoms with van der Waals surface area (Å²) in [5.41, 5.74) is 2.91. The molecule has 0 N–H and O–H groups in total. The van der Waals surface area contributed by atoms with E-state index in [1.165, 1.54) is 4.52 Å². The van der Waals surface area contributed by atoms with Gasteiger partial charge in [0.15, 0.2) is 5.65 Å². The van der Waals surface area contributed by atoms with E-state index in [1.807, 2.05) is 36.5 Å². The van der Waals surface area contributed by atoms with Crippen molar-refractivity contribution in [1.82, 2.24) is 24.6 Å². The molecule has 7 heteroatoms. The molecule has 0 fully saturated rings. The highest BCUT2D eigenvalue weighted by Crippen LogP contribution is 2.25. The maximum Gasteiger partial charge on any atom is 0.283 e. The first-order valence-electron chi connectivity index (χ1n) is 8.95. The topological polar surface area (TPSA) is 63.0 Å². The molecule has 7 nitrogen and oxygen atoms in total. The lowest BCUT2D eigenvalue weighted by molar-refractivity contribution is 0.116. The molecule has 3 aromatic rings. The summed E-state index contributed by atoms with van der Waals surface area (Å²) < 4.78 is 6.66. The molecule has 0 saturated heterocycles. The van der Waals surface area contributed by atoms with Gasteiger partial charge >= 0.3 is 0 Å². The van der Waals surface area contributed by atoms with Crippen molar-refractivity contribution in [3.63, 3.8) is 0 Å². The molecule has 3 heterocycles. The molecular weight excluding hydrogens is 342 g/mol. The summed E-state index contributed by atoms with van der Waals surface area (Å²) in [5.74, 6) is 0.746. The zero-order valence-corrected chi connectivity index (χ0v) is 15.6. The van der Waals surface area contributed by atoms with Crippen molar-refractivity contribution >= 4 is 11.3 Å². The molecule has 138 valence electrons. The van der Waals surface area contributed by atoms with Gasteiger partial charge < -0.3 is 4.74 Å². The number of likely N-dealkylation sites (N-methyl/N-ethyl adjacent to an activating group) is 1. The van der Waals surface area contributed by atoms with Crippen LogP contribution < -0.4 is 15.5 Å². The Kier molecular flexibility index (Phi) is 4.27. The van der Waals surface area contributed by atoms with Crippen molar-refractivity contribution in [2.24, 2.45) is 0 Å². The van der Waals surface area contributed by atoms with Gasteiger partial charge in [-0.3, -0.25) is 14.8 Å². The molecule has 0 spiro atoms. The van der Waals surface area contributed by atoms with Crippen LogP contribution in [0, 0.1) is 0 Å². The minimum atomic E-state index is -0.176. The fraction of sp³-hybridized carbons (Fsp3) is 0.250. The van der Waals surface area contributed by atoms with E-state index in [4.69, 9.17) is 4.74 Å². The van der Waals surface area contributed by atoms with Crippen LogP contribution >= 0.6 is 0 Å². The fourth-order valence-corrected chi connectivity index (χ4v) is 3.40. The smallest absolute Gasteiger partial charge is 0.283 e. The third-order valence-corrected chi connectivity index (χ3v) is 4.76. The second kappa shape index (κ2) is 6.75. The first kappa shape index (κ1) is 17.1. The lowest BCUT2D eigenvalue weighted by atomic mass is 10.1. The third-order valence-electron chi connectivity index (χ3n) is 4.76. The number of benzene rings is 1. The van der Waals surface area contributed by atoms with E-state index in [1.54, 1.807) is 19.5 Å². The van der Waals surface area contributed by atoms with Crippen LogP contribution in [0.1, 0.15) is 13.8 Å². The number of hydrogen-bond acceptors (Lipinski definition) is 6. The molecule has 27 heavy (non-hydrogen) atoms. The van der Waals surface area contributed by atoms with Crippen molar-refractivity contribution in [2.75, 3.05) is 20.2 Å². The van der Waals surface area contributed by atoms with Gasteiger partial charge in [0.05, 0.1) is 24.2 Å². The van der Waals surface area contributed by atoms with Crippen molar-refractivity contribution in [3.05, 3.63) is 64.5 Å². The summed E-state index contributed by atoms with van der Waals surface area (Å²) in [4.78, 5) is 17.6. The van der Waals surface area contributed by atoms with Gasteiger partial charge in [-0.15, -0.1) is 0 Å². The highest BCUT2D eigenvalue weighted by Gasteiger charge is 2.20. The van der Waals surface area contributed by atoms with Gasteiger partial charge in [-0.1, -0.05) is 12.1 Å². The molecule has 0 saturated carbocycles. The van der Waals surface area contributed by atoms with Crippen LogP contribution in [0.2, 0.25) is 0 Å². The lowest BCUT2D eigenvalue weighted by Crippen LogP contribution is -2.40. The van der Waals surface area contributed by atoms with E-state index < -0.39 is 0 Å². The van der Waals surface area contributed by atoms with E-state index in [9.17, 15) is 4.79 Å². The maximum atomic E-state index is 13.1. The average molecular weight is 363 g/mol. The molecule has 0 aliphatic carbocycles. The summed E-state index contributed by atoms with van der Waals surface area (Å²) in [7, 11) is 1.63. The molecule has 1 aliphatic heterocycles. The molecule has 1 aliphatic rings. The lowest BCUT2D eigenvalue weighted by Gasteiger charge is -2.29. The van der Waals surface area contributed by atoms with Gasteiger partial charge in [0.1, 0.15) is 5.75 Å². The van der Waals surface area contributed by atoms with Crippen LogP contribution in [-0.2, 0) is 0 Å². The van der Waals surface area contributed by atoms with Gasteiger partial charge in [0.25, 0.3) is 5.56 Å². The molecule has 4 rings (SSSR count). The Balaban J connectivity index is 1.89. The first-order chi connectivity index (χ1) is 13.2. The predicted octanol–water partition coefficient (Wildman–Crippen LogP) is 1.68. The molecule has 2 aromatic heterocycles. The summed E-state index contributed by atoms with van der Waals surface area (Å²) in [6.07, 6.45) is 7.24. The Morgan fingerprint density at radius 1 is 1.15 bits per heavy atom. The average Bonchev–Trinajstić information content (AvgIpc) is 3.32. The first-order valence-corrected chi connectivity index (χ1v) is 8.95. The van der Waals surface area contributed by atoms with Gasteiger partial charge in [0.2, 0.25) is 0 Å². The van der Waals surface area contributed by atoms with Crippen LogP contribution in [0.5, 0.6) is 5.75 Å². The highest BCUT2D eigenvalue weighted by molar-refractivity contribution is 5.77. The molecule has 0 bridgehead atoms. The quantitative estimate of drug-likeness (QED) is 0.703. The number of hydrogen-bond donors (Lipinski definition) is 0. The number of ether oxygens (including phenoxy) is 1. The Bertz CT molecular complexity index is 1130. The van der Waals surface area contributed by atoms with Gasteiger partial charge in [-0.05, 0) is 37.6 Å². The molecular formula is C20H21N5O2. The van der Waals surface area contributed by atoms with Gasteiger partial charge in [-0.25, -0.2) is 4.98 Å². The zero-order chi connectivity index (χ0) is 19.0. The number of hydrazine groups is 1. The normalized spacial score (nSPS) is 15.8. The van der Waals surface area contributed by atoms with E-state index in [0.717, 1.165) is 35.7 Å². The largest absolute Gasteiger partial charge is 0.497 e. The molecule has 0 unspecified atom stereocenters. The SMILES string of the molecule is CCN1C=C/C(=c2/cnc3c(-c4cccc(OC)c4)cnn3c2=O)N1CC. The second-order valence-corrected chi connectivity index (χ2v) is 6.18. The van der Waals surface area contributed by atoms with E-state index in [-0.39, 0.29) is 5.56 Å². The Morgan fingerprint density at radius 3 is 2.74 bits per heavy atom. The van der Waals surface area contributed by atoms with E-state index in [0.29, 0.717) is 10.9 Å². The van der Waals surface area contributed by atoms with E-state index >= 15 is 0 Å². The van der Waals surface area contributed by atoms with Crippen molar-refractivity contribution in [1.29, 1.82) is 0 Å². The molecule has 0 radical (unpaired) electrons. The van der Waals surface area contributed by atoms with Crippen molar-refractivity contribution < 1.29 is 4.74 Å². The number of methoxy groups -OCH3 is 1. The van der Waals surface area contributed by atoms with Gasteiger partial charge in [0, 0.05) is 31.0 Å². The Morgan fingerprint density at radius 2 is 2.00 bits per heavy atom. The second-order valence-electron chi connectivity index (χ2n) is 6.18. The minimum Gasteiger partial charge on any atom is -0.497 e. The highest BCUT2D eigenvalue weighted by atomic mass is 16.5. The number of fused-ring (bicyclic) bond motifs is 1. The van der Waals surface area contributed by atoms with Crippen LogP contribution in [0.3, 0.4) is 0 Å². The van der Waals surface area contributed by atoms with Crippen molar-refractivity contribution in [3.8, 4) is 16.9 Å². The fourth-order valence-electron chi connectivity index (χ4n) is 3.40. The third kappa shape index (κ3) is 2.71.